The van der Waals surface area contributed by atoms with Gasteiger partial charge in [0.1, 0.15) is 0 Å². The predicted molar refractivity (Wildman–Crippen MR) is 67.9 cm³/mol. The number of halogens is 1. The molecule has 2 rings (SSSR count). The van der Waals surface area contributed by atoms with E-state index in [9.17, 15) is 4.79 Å². The molecule has 1 aromatic carbocycles. The van der Waals surface area contributed by atoms with Gasteiger partial charge in [-0.2, -0.15) is 0 Å². The van der Waals surface area contributed by atoms with Crippen LogP contribution in [-0.4, -0.2) is 16.1 Å². The average Bonchev–Trinajstić information content (AvgIpc) is 2.58. The maximum absolute atomic E-state index is 10.4. The number of fused-ring (bicyclic) bond motifs is 1. The van der Waals surface area contributed by atoms with Crippen molar-refractivity contribution in [3.05, 3.63) is 27.7 Å². The summed E-state index contributed by atoms with van der Waals surface area (Å²) in [6.45, 7) is 0. The first-order valence-electron chi connectivity index (χ1n) is 4.92. The fourth-order valence-electron chi connectivity index (χ4n) is 1.44. The number of hydrogen-bond acceptors (Lipinski definition) is 3. The standard InChI is InChI=1S/C11H10BrNO2S/c12-7-4-5-8-9(6-7)16-10(13-8)2-1-3-11(14)15/h4-6H,1-3H2,(H,14,15). The monoisotopic (exact) mass is 299 g/mol. The molecule has 1 heterocycles. The smallest absolute Gasteiger partial charge is 0.303 e. The van der Waals surface area contributed by atoms with Gasteiger partial charge in [0.15, 0.2) is 0 Å². The Labute approximate surface area is 105 Å². The topological polar surface area (TPSA) is 50.2 Å². The summed E-state index contributed by atoms with van der Waals surface area (Å²) in [5, 5.41) is 9.55. The molecule has 1 N–H and O–H groups in total. The largest absolute Gasteiger partial charge is 0.481 e. The Morgan fingerprint density at radius 2 is 2.31 bits per heavy atom. The lowest BCUT2D eigenvalue weighted by Crippen LogP contribution is -1.95. The van der Waals surface area contributed by atoms with Crippen molar-refractivity contribution in [1.82, 2.24) is 4.98 Å². The molecule has 1 aromatic heterocycles. The Morgan fingerprint density at radius 1 is 1.50 bits per heavy atom. The minimum absolute atomic E-state index is 0.208. The molecule has 0 atom stereocenters. The van der Waals surface area contributed by atoms with Crippen molar-refractivity contribution in [2.45, 2.75) is 19.3 Å². The molecular formula is C11H10BrNO2S. The normalized spacial score (nSPS) is 10.8. The molecular weight excluding hydrogens is 290 g/mol. The van der Waals surface area contributed by atoms with Crippen LogP contribution in [-0.2, 0) is 11.2 Å². The van der Waals surface area contributed by atoms with Gasteiger partial charge >= 0.3 is 5.97 Å². The second-order valence-corrected chi connectivity index (χ2v) is 5.50. The number of carboxylic acid groups (broad SMARTS) is 1. The van der Waals surface area contributed by atoms with Crippen LogP contribution in [0, 0.1) is 0 Å². The van der Waals surface area contributed by atoms with Gasteiger partial charge in [-0.3, -0.25) is 4.79 Å². The lowest BCUT2D eigenvalue weighted by Gasteiger charge is -1.91. The van der Waals surface area contributed by atoms with Gasteiger partial charge in [-0.15, -0.1) is 11.3 Å². The molecule has 0 aliphatic heterocycles. The Hall–Kier alpha value is -0.940. The van der Waals surface area contributed by atoms with E-state index >= 15 is 0 Å². The van der Waals surface area contributed by atoms with Gasteiger partial charge in [0, 0.05) is 10.9 Å². The van der Waals surface area contributed by atoms with Gasteiger partial charge in [-0.25, -0.2) is 4.98 Å². The molecule has 0 bridgehead atoms. The van der Waals surface area contributed by atoms with E-state index in [1.165, 1.54) is 0 Å². The van der Waals surface area contributed by atoms with E-state index in [-0.39, 0.29) is 6.42 Å². The molecule has 0 aliphatic carbocycles. The van der Waals surface area contributed by atoms with Crippen molar-refractivity contribution >= 4 is 43.5 Å². The second-order valence-electron chi connectivity index (χ2n) is 3.47. The third-order valence-corrected chi connectivity index (χ3v) is 3.75. The number of thiazole rings is 1. The quantitative estimate of drug-likeness (QED) is 0.940. The molecule has 0 saturated carbocycles. The lowest BCUT2D eigenvalue weighted by atomic mass is 10.2. The van der Waals surface area contributed by atoms with E-state index in [0.29, 0.717) is 6.42 Å². The summed E-state index contributed by atoms with van der Waals surface area (Å²) in [5.41, 5.74) is 0.985. The number of hydrogen-bond donors (Lipinski definition) is 1. The Morgan fingerprint density at radius 3 is 3.06 bits per heavy atom. The van der Waals surface area contributed by atoms with Crippen LogP contribution >= 0.6 is 27.3 Å². The lowest BCUT2D eigenvalue weighted by molar-refractivity contribution is -0.137. The highest BCUT2D eigenvalue weighted by Gasteiger charge is 2.05. The third-order valence-electron chi connectivity index (χ3n) is 2.18. The number of aryl methyl sites for hydroxylation is 1. The van der Waals surface area contributed by atoms with E-state index in [0.717, 1.165) is 26.1 Å². The van der Waals surface area contributed by atoms with Gasteiger partial charge in [0.25, 0.3) is 0 Å². The van der Waals surface area contributed by atoms with Crippen LogP contribution in [0.15, 0.2) is 22.7 Å². The second kappa shape index (κ2) is 4.93. The molecule has 16 heavy (non-hydrogen) atoms. The first-order valence-corrected chi connectivity index (χ1v) is 6.53. The molecule has 0 aliphatic rings. The van der Waals surface area contributed by atoms with Crippen LogP contribution in [0.2, 0.25) is 0 Å². The Balaban J connectivity index is 2.10. The van der Waals surface area contributed by atoms with E-state index in [1.54, 1.807) is 11.3 Å². The summed E-state index contributed by atoms with van der Waals surface area (Å²) in [5.74, 6) is -0.746. The van der Waals surface area contributed by atoms with Crippen molar-refractivity contribution in [2.24, 2.45) is 0 Å². The van der Waals surface area contributed by atoms with Gasteiger partial charge in [-0.05, 0) is 31.0 Å². The first kappa shape index (κ1) is 11.5. The number of rotatable bonds is 4. The van der Waals surface area contributed by atoms with Crippen LogP contribution in [0.3, 0.4) is 0 Å². The highest BCUT2D eigenvalue weighted by molar-refractivity contribution is 9.10. The van der Waals surface area contributed by atoms with Crippen LogP contribution in [0.25, 0.3) is 10.2 Å². The van der Waals surface area contributed by atoms with Crippen molar-refractivity contribution in [1.29, 1.82) is 0 Å². The summed E-state index contributed by atoms with van der Waals surface area (Å²) in [6, 6.07) is 5.97. The number of aliphatic carboxylic acids is 1. The summed E-state index contributed by atoms with van der Waals surface area (Å²) >= 11 is 5.04. The maximum Gasteiger partial charge on any atom is 0.303 e. The molecule has 0 saturated heterocycles. The minimum atomic E-state index is -0.746. The molecule has 3 nitrogen and oxygen atoms in total. The fourth-order valence-corrected chi connectivity index (χ4v) is 3.00. The Kier molecular flexibility index (Phi) is 3.56. The van der Waals surface area contributed by atoms with Gasteiger partial charge < -0.3 is 5.11 Å². The molecule has 84 valence electrons. The highest BCUT2D eigenvalue weighted by atomic mass is 79.9. The molecule has 0 spiro atoms. The zero-order chi connectivity index (χ0) is 11.5. The Bertz CT molecular complexity index is 524. The zero-order valence-electron chi connectivity index (χ0n) is 8.44. The predicted octanol–water partition coefficient (Wildman–Crippen LogP) is 3.47. The van der Waals surface area contributed by atoms with E-state index in [1.807, 2.05) is 18.2 Å². The molecule has 2 aromatic rings. The first-order chi connectivity index (χ1) is 7.65. The van der Waals surface area contributed by atoms with Gasteiger partial charge in [0.05, 0.1) is 15.2 Å². The van der Waals surface area contributed by atoms with Crippen LogP contribution in [0.5, 0.6) is 0 Å². The maximum atomic E-state index is 10.4. The minimum Gasteiger partial charge on any atom is -0.481 e. The number of carboxylic acids is 1. The van der Waals surface area contributed by atoms with Crippen molar-refractivity contribution in [3.63, 3.8) is 0 Å². The summed E-state index contributed by atoms with van der Waals surface area (Å²) in [4.78, 5) is 14.8. The average molecular weight is 300 g/mol. The molecule has 0 fully saturated rings. The fraction of sp³-hybridized carbons (Fsp3) is 0.273. The van der Waals surface area contributed by atoms with E-state index in [2.05, 4.69) is 20.9 Å². The molecule has 0 unspecified atom stereocenters. The number of aromatic nitrogens is 1. The molecule has 0 radical (unpaired) electrons. The van der Waals surface area contributed by atoms with Crippen LogP contribution in [0.4, 0.5) is 0 Å². The van der Waals surface area contributed by atoms with Crippen LogP contribution < -0.4 is 0 Å². The summed E-state index contributed by atoms with van der Waals surface area (Å²) in [6.07, 6.45) is 1.60. The molecule has 0 amide bonds. The summed E-state index contributed by atoms with van der Waals surface area (Å²) < 4.78 is 2.18. The van der Waals surface area contributed by atoms with Crippen molar-refractivity contribution in [3.8, 4) is 0 Å². The number of nitrogens with zero attached hydrogens (tertiary/aromatic N) is 1. The SMILES string of the molecule is O=C(O)CCCc1nc2ccc(Br)cc2s1. The number of benzene rings is 1. The zero-order valence-corrected chi connectivity index (χ0v) is 10.8. The summed E-state index contributed by atoms with van der Waals surface area (Å²) in [7, 11) is 0. The van der Waals surface area contributed by atoms with E-state index in [4.69, 9.17) is 5.11 Å². The van der Waals surface area contributed by atoms with Crippen LogP contribution in [0.1, 0.15) is 17.8 Å². The van der Waals surface area contributed by atoms with E-state index < -0.39 is 5.97 Å². The highest BCUT2D eigenvalue weighted by Crippen LogP contribution is 2.26. The third kappa shape index (κ3) is 2.80. The number of carbonyl (C=O) groups is 1. The van der Waals surface area contributed by atoms with Gasteiger partial charge in [0.2, 0.25) is 0 Å². The van der Waals surface area contributed by atoms with Gasteiger partial charge in [-0.1, -0.05) is 15.9 Å². The van der Waals surface area contributed by atoms with Crippen molar-refractivity contribution in [2.75, 3.05) is 0 Å². The molecule has 5 heteroatoms. The van der Waals surface area contributed by atoms with Crippen molar-refractivity contribution < 1.29 is 9.90 Å².